The Hall–Kier alpha value is -4.33. The van der Waals surface area contributed by atoms with E-state index in [1.165, 1.54) is 30.5 Å². The molecule has 1 atom stereocenters. The topological polar surface area (TPSA) is 105 Å². The van der Waals surface area contributed by atoms with Crippen LogP contribution in [0.25, 0.3) is 22.4 Å². The summed E-state index contributed by atoms with van der Waals surface area (Å²) < 4.78 is 80.0. The quantitative estimate of drug-likeness (QED) is 0.168. The number of hydrogen-bond acceptors (Lipinski definition) is 7. The lowest BCUT2D eigenvalue weighted by Crippen LogP contribution is -2.28. The Morgan fingerprint density at radius 1 is 0.952 bits per heavy atom. The van der Waals surface area contributed by atoms with Crippen LogP contribution in [0.15, 0.2) is 54.7 Å². The fourth-order valence-corrected chi connectivity index (χ4v) is 4.69. The molecule has 5 rings (SSSR count). The number of hydrogen-bond donors (Lipinski definition) is 3. The van der Waals surface area contributed by atoms with Crippen molar-refractivity contribution in [3.8, 4) is 11.4 Å². The van der Waals surface area contributed by atoms with E-state index in [2.05, 4.69) is 35.9 Å². The van der Waals surface area contributed by atoms with Crippen LogP contribution in [0, 0.1) is 0 Å². The van der Waals surface area contributed by atoms with Gasteiger partial charge in [-0.05, 0) is 80.8 Å². The number of halogens is 6. The molecule has 0 aliphatic carbocycles. The van der Waals surface area contributed by atoms with Crippen molar-refractivity contribution in [2.24, 2.45) is 0 Å². The first-order valence-corrected chi connectivity index (χ1v) is 13.2. The number of aromatic nitrogens is 4. The first-order chi connectivity index (χ1) is 20.0. The third kappa shape index (κ3) is 6.75. The van der Waals surface area contributed by atoms with Crippen LogP contribution >= 0.6 is 0 Å². The maximum absolute atomic E-state index is 13.6. The van der Waals surface area contributed by atoms with Gasteiger partial charge in [0, 0.05) is 24.5 Å². The normalized spacial score (nSPS) is 15.6. The van der Waals surface area contributed by atoms with Crippen LogP contribution in [-0.2, 0) is 12.4 Å². The Morgan fingerprint density at radius 2 is 1.74 bits per heavy atom. The summed E-state index contributed by atoms with van der Waals surface area (Å²) in [7, 11) is 0. The molecule has 14 heteroatoms. The van der Waals surface area contributed by atoms with Crippen molar-refractivity contribution in [3.05, 3.63) is 71.7 Å². The van der Waals surface area contributed by atoms with E-state index in [1.807, 2.05) is 0 Å². The van der Waals surface area contributed by atoms with Crippen LogP contribution in [0.5, 0.6) is 0 Å². The summed E-state index contributed by atoms with van der Waals surface area (Å²) in [4.78, 5) is 29.6. The largest absolute Gasteiger partial charge is 0.418 e. The van der Waals surface area contributed by atoms with Crippen LogP contribution in [-0.4, -0.2) is 45.0 Å². The Morgan fingerprint density at radius 3 is 2.43 bits per heavy atom. The molecule has 3 N–H and O–H groups in total. The molecule has 1 aromatic carbocycles. The van der Waals surface area contributed by atoms with Gasteiger partial charge in [-0.1, -0.05) is 0 Å². The Balaban J connectivity index is 1.48. The zero-order chi connectivity index (χ0) is 29.9. The van der Waals surface area contributed by atoms with Crippen molar-refractivity contribution < 1.29 is 31.1 Å². The molecular formula is C28H25F6N7O. The molecule has 4 aromatic rings. The molecule has 1 fully saturated rings. The van der Waals surface area contributed by atoms with Gasteiger partial charge in [0.25, 0.3) is 5.91 Å². The highest BCUT2D eigenvalue weighted by atomic mass is 19.4. The monoisotopic (exact) mass is 589 g/mol. The summed E-state index contributed by atoms with van der Waals surface area (Å²) in [5.41, 5.74) is -2.28. The van der Waals surface area contributed by atoms with Crippen LogP contribution in [0.4, 0.5) is 37.8 Å². The van der Waals surface area contributed by atoms with E-state index in [4.69, 9.17) is 0 Å². The molecule has 1 unspecified atom stereocenters. The van der Waals surface area contributed by atoms with E-state index >= 15 is 0 Å². The van der Waals surface area contributed by atoms with Gasteiger partial charge in [0.15, 0.2) is 5.65 Å². The van der Waals surface area contributed by atoms with Crippen molar-refractivity contribution in [3.63, 3.8) is 0 Å². The predicted octanol–water partition coefficient (Wildman–Crippen LogP) is 6.13. The number of pyridine rings is 2. The second-order valence-corrected chi connectivity index (χ2v) is 9.75. The van der Waals surface area contributed by atoms with Crippen molar-refractivity contribution in [1.29, 1.82) is 0 Å². The lowest BCUT2D eigenvalue weighted by molar-refractivity contribution is -0.138. The summed E-state index contributed by atoms with van der Waals surface area (Å²) in [6, 6.07) is 9.31. The van der Waals surface area contributed by atoms with Crippen molar-refractivity contribution in [1.82, 2.24) is 30.6 Å². The smallest absolute Gasteiger partial charge is 0.349 e. The average molecular weight is 590 g/mol. The van der Waals surface area contributed by atoms with Gasteiger partial charge in [0.2, 0.25) is 5.82 Å². The van der Waals surface area contributed by atoms with Crippen LogP contribution in [0.3, 0.4) is 0 Å². The van der Waals surface area contributed by atoms with E-state index in [1.54, 1.807) is 0 Å². The predicted molar refractivity (Wildman–Crippen MR) is 143 cm³/mol. The fraction of sp³-hybridized carbons (Fsp3) is 0.321. The lowest BCUT2D eigenvalue weighted by Gasteiger charge is -2.14. The molecule has 4 heterocycles. The number of fused-ring (bicyclic) bond motifs is 1. The fourth-order valence-electron chi connectivity index (χ4n) is 4.69. The van der Waals surface area contributed by atoms with E-state index in [0.29, 0.717) is 19.0 Å². The standard InChI is InChI=1S/C28H25F6N7O/c29-27(30,31)16-7-9-18(10-8-16)38-23-19-11-12-21(22-20(28(32,33)34)6-3-14-36-22)39-24(19)41-25(40-23)26(42)37-15-2-5-17-4-1-13-35-17/h3,6-12,14,17,35H,1-2,4-5,13,15H2,(H,37,42)(H,38,39,40,41). The van der Waals surface area contributed by atoms with Crippen molar-refractivity contribution >= 4 is 28.4 Å². The third-order valence-corrected chi connectivity index (χ3v) is 6.77. The number of amides is 1. The van der Waals surface area contributed by atoms with Crippen LogP contribution < -0.4 is 16.0 Å². The zero-order valence-corrected chi connectivity index (χ0v) is 22.0. The molecule has 220 valence electrons. The van der Waals surface area contributed by atoms with Crippen LogP contribution in [0.1, 0.15) is 47.4 Å². The van der Waals surface area contributed by atoms with E-state index in [-0.39, 0.29) is 34.1 Å². The number of carbonyl (C=O) groups excluding carboxylic acids is 1. The molecule has 3 aromatic heterocycles. The van der Waals surface area contributed by atoms with Gasteiger partial charge in [0.1, 0.15) is 11.5 Å². The minimum atomic E-state index is -4.69. The molecule has 0 spiro atoms. The summed E-state index contributed by atoms with van der Waals surface area (Å²) in [5, 5.41) is 9.23. The summed E-state index contributed by atoms with van der Waals surface area (Å²) in [6.45, 7) is 1.31. The van der Waals surface area contributed by atoms with E-state index in [9.17, 15) is 31.1 Å². The van der Waals surface area contributed by atoms with Gasteiger partial charge in [-0.15, -0.1) is 0 Å². The van der Waals surface area contributed by atoms with E-state index in [0.717, 1.165) is 50.1 Å². The SMILES string of the molecule is O=C(NCCCC1CCCN1)c1nc(Nc2ccc(C(F)(F)F)cc2)c2ccc(-c3ncccc3C(F)(F)F)nc2n1. The molecule has 1 amide bonds. The second-order valence-electron chi connectivity index (χ2n) is 9.75. The molecule has 1 saturated heterocycles. The maximum atomic E-state index is 13.6. The Labute approximate surface area is 236 Å². The first kappa shape index (κ1) is 29.2. The summed E-state index contributed by atoms with van der Waals surface area (Å²) >= 11 is 0. The van der Waals surface area contributed by atoms with Gasteiger partial charge in [-0.3, -0.25) is 9.78 Å². The average Bonchev–Trinajstić information content (AvgIpc) is 3.48. The minimum Gasteiger partial charge on any atom is -0.349 e. The number of anilines is 2. The number of nitrogens with one attached hydrogen (secondary N) is 3. The van der Waals surface area contributed by atoms with Gasteiger partial charge < -0.3 is 16.0 Å². The van der Waals surface area contributed by atoms with Crippen LogP contribution in [0.2, 0.25) is 0 Å². The lowest BCUT2D eigenvalue weighted by atomic mass is 10.1. The highest BCUT2D eigenvalue weighted by Crippen LogP contribution is 2.36. The van der Waals surface area contributed by atoms with Gasteiger partial charge >= 0.3 is 12.4 Å². The second kappa shape index (κ2) is 11.9. The number of nitrogens with zero attached hydrogens (tertiary/aromatic N) is 4. The van der Waals surface area contributed by atoms with Gasteiger partial charge in [-0.25, -0.2) is 15.0 Å². The Bertz CT molecular complexity index is 1570. The Kier molecular flexibility index (Phi) is 8.25. The molecule has 0 saturated carbocycles. The summed E-state index contributed by atoms with van der Waals surface area (Å²) in [6.07, 6.45) is -4.27. The molecule has 8 nitrogen and oxygen atoms in total. The van der Waals surface area contributed by atoms with Crippen molar-refractivity contribution in [2.75, 3.05) is 18.4 Å². The highest BCUT2D eigenvalue weighted by molar-refractivity contribution is 5.96. The van der Waals surface area contributed by atoms with Crippen molar-refractivity contribution in [2.45, 2.75) is 44.1 Å². The minimum absolute atomic E-state index is 0.0381. The molecule has 42 heavy (non-hydrogen) atoms. The third-order valence-electron chi connectivity index (χ3n) is 6.77. The molecule has 1 aliphatic rings. The summed E-state index contributed by atoms with van der Waals surface area (Å²) in [5.74, 6) is -0.901. The van der Waals surface area contributed by atoms with Gasteiger partial charge in [0.05, 0.1) is 22.2 Å². The highest BCUT2D eigenvalue weighted by Gasteiger charge is 2.35. The molecule has 0 bridgehead atoms. The maximum Gasteiger partial charge on any atom is 0.418 e. The number of rotatable bonds is 8. The van der Waals surface area contributed by atoms with Gasteiger partial charge in [-0.2, -0.15) is 26.3 Å². The molecule has 1 aliphatic heterocycles. The number of benzene rings is 1. The van der Waals surface area contributed by atoms with E-state index < -0.39 is 35.1 Å². The zero-order valence-electron chi connectivity index (χ0n) is 22.0. The molecular weight excluding hydrogens is 564 g/mol. The molecule has 0 radical (unpaired) electrons. The number of carbonyl (C=O) groups is 1. The first-order valence-electron chi connectivity index (χ1n) is 13.2. The number of alkyl halides is 6.